The van der Waals surface area contributed by atoms with Gasteiger partial charge in [-0.3, -0.25) is 9.69 Å². The van der Waals surface area contributed by atoms with Crippen LogP contribution in [0.5, 0.6) is 5.75 Å². The fourth-order valence-electron chi connectivity index (χ4n) is 8.26. The Morgan fingerprint density at radius 3 is 2.46 bits per heavy atom. The predicted molar refractivity (Wildman–Crippen MR) is 200 cm³/mol. The number of para-hydroxylation sites is 1. The van der Waals surface area contributed by atoms with Gasteiger partial charge in [0.1, 0.15) is 5.75 Å². The number of hydrogen-bond acceptors (Lipinski definition) is 6. The number of rotatable bonds is 10. The topological polar surface area (TPSA) is 56.3 Å². The van der Waals surface area contributed by atoms with Crippen LogP contribution >= 0.6 is 11.3 Å². The number of hydrogen-bond donors (Lipinski definition) is 1. The maximum Gasteiger partial charge on any atom is 0.227 e. The van der Waals surface area contributed by atoms with Crippen molar-refractivity contribution >= 4 is 22.9 Å². The number of phenolic OH excluding ortho intramolecular Hbond substituents is 1. The van der Waals surface area contributed by atoms with Crippen molar-refractivity contribution in [3.8, 4) is 5.75 Å². The average Bonchev–Trinajstić information content (AvgIpc) is 3.61. The van der Waals surface area contributed by atoms with Crippen molar-refractivity contribution in [2.75, 3.05) is 51.3 Å². The van der Waals surface area contributed by atoms with Crippen molar-refractivity contribution in [1.82, 2.24) is 9.80 Å². The number of likely N-dealkylation sites (tertiary alicyclic amines) is 2. The molecular formula is C41H57N3O3S. The molecule has 260 valence electrons. The predicted octanol–water partition coefficient (Wildman–Crippen LogP) is 8.10. The number of aromatic hydroxyl groups is 1. The van der Waals surface area contributed by atoms with Gasteiger partial charge in [0.25, 0.3) is 0 Å². The van der Waals surface area contributed by atoms with Crippen LogP contribution in [0.1, 0.15) is 76.3 Å². The monoisotopic (exact) mass is 671 g/mol. The lowest BCUT2D eigenvalue weighted by Gasteiger charge is -2.54. The van der Waals surface area contributed by atoms with Crippen LogP contribution in [0.2, 0.25) is 0 Å². The third kappa shape index (κ3) is 8.07. The molecule has 3 aromatic rings. The molecule has 1 N–H and O–H groups in total. The second kappa shape index (κ2) is 16.2. The number of allylic oxidation sites excluding steroid dienone is 1. The van der Waals surface area contributed by atoms with E-state index >= 15 is 0 Å². The number of methoxy groups -OCH3 is 1. The molecular weight excluding hydrogens is 615 g/mol. The van der Waals surface area contributed by atoms with Crippen LogP contribution in [-0.2, 0) is 27.8 Å². The summed E-state index contributed by atoms with van der Waals surface area (Å²) in [5.41, 5.74) is 5.14. The summed E-state index contributed by atoms with van der Waals surface area (Å²) in [6.07, 6.45) is 8.12. The van der Waals surface area contributed by atoms with Crippen molar-refractivity contribution in [2.45, 2.75) is 90.1 Å². The number of anilines is 1. The Morgan fingerprint density at radius 1 is 1.06 bits per heavy atom. The second-order valence-electron chi connectivity index (χ2n) is 14.6. The molecule has 1 aromatic heterocycles. The fraction of sp³-hybridized carbons (Fsp3) is 0.537. The molecule has 2 fully saturated rings. The van der Waals surface area contributed by atoms with Crippen LogP contribution in [0, 0.1) is 5.92 Å². The Hall–Kier alpha value is -2.97. The molecule has 0 radical (unpaired) electrons. The van der Waals surface area contributed by atoms with Crippen LogP contribution in [-0.4, -0.2) is 78.8 Å². The molecule has 48 heavy (non-hydrogen) atoms. The van der Waals surface area contributed by atoms with Gasteiger partial charge in [-0.1, -0.05) is 62.8 Å². The summed E-state index contributed by atoms with van der Waals surface area (Å²) in [4.78, 5) is 21.5. The van der Waals surface area contributed by atoms with E-state index in [9.17, 15) is 9.90 Å². The van der Waals surface area contributed by atoms with Gasteiger partial charge in [-0.25, -0.2) is 0 Å². The zero-order valence-electron chi connectivity index (χ0n) is 30.1. The van der Waals surface area contributed by atoms with E-state index in [4.69, 9.17) is 4.74 Å². The fourth-order valence-corrected chi connectivity index (χ4v) is 8.95. The van der Waals surface area contributed by atoms with Crippen molar-refractivity contribution in [3.63, 3.8) is 0 Å². The molecule has 1 aliphatic carbocycles. The van der Waals surface area contributed by atoms with Gasteiger partial charge in [0.05, 0.1) is 12.1 Å². The van der Waals surface area contributed by atoms with Gasteiger partial charge in [-0.05, 0) is 111 Å². The summed E-state index contributed by atoms with van der Waals surface area (Å²) in [7, 11) is 1.74. The van der Waals surface area contributed by atoms with Gasteiger partial charge >= 0.3 is 0 Å². The van der Waals surface area contributed by atoms with E-state index in [2.05, 4.69) is 67.1 Å². The minimum atomic E-state index is -0.261. The molecule has 2 bridgehead atoms. The molecule has 2 saturated heterocycles. The molecule has 0 unspecified atom stereocenters. The van der Waals surface area contributed by atoms with Gasteiger partial charge in [-0.15, -0.1) is 11.3 Å². The first-order valence-corrected chi connectivity index (χ1v) is 18.8. The number of nitrogens with zero attached hydrogens (tertiary/aromatic N) is 3. The van der Waals surface area contributed by atoms with Crippen LogP contribution in [0.4, 0.5) is 5.69 Å². The number of benzene rings is 2. The standard InChI is InChI=1S/C22H30N2O2S.C19H27NO/c1-3-21(25)24(19-8-5-4-6-9-19)22(18-26-2)12-15-23(16-13-22)14-11-20-10-7-17-27-20;1-13(2)7-9-20-10-8-19(4)14(3)18(20)11-15-5-6-16(21)12-17(15)19/h4-10,17H,3,11-16,18H2,1-2H3;5-7,12,14,18,21H,8-11H2,1-4H3/t;14-,18+,19+/m.0/s1. The minimum absolute atomic E-state index is 0.172. The molecule has 3 atom stereocenters. The smallest absolute Gasteiger partial charge is 0.227 e. The normalized spacial score (nSPS) is 23.4. The van der Waals surface area contributed by atoms with Gasteiger partial charge in [0.2, 0.25) is 5.91 Å². The highest BCUT2D eigenvalue weighted by Gasteiger charge is 2.48. The van der Waals surface area contributed by atoms with E-state index in [1.54, 1.807) is 7.11 Å². The molecule has 0 spiro atoms. The number of thiophene rings is 1. The lowest BCUT2D eigenvalue weighted by molar-refractivity contribution is -0.120. The molecule has 2 aromatic carbocycles. The van der Waals surface area contributed by atoms with E-state index < -0.39 is 0 Å². The zero-order valence-corrected chi connectivity index (χ0v) is 30.9. The molecule has 1 amide bonds. The summed E-state index contributed by atoms with van der Waals surface area (Å²) in [6, 6.07) is 21.0. The van der Waals surface area contributed by atoms with Gasteiger partial charge < -0.3 is 19.6 Å². The molecule has 3 aliphatic rings. The van der Waals surface area contributed by atoms with Crippen molar-refractivity contribution in [3.05, 3.63) is 93.7 Å². The van der Waals surface area contributed by atoms with Crippen molar-refractivity contribution in [1.29, 1.82) is 0 Å². The highest BCUT2D eigenvalue weighted by molar-refractivity contribution is 7.09. The molecule has 7 heteroatoms. The summed E-state index contributed by atoms with van der Waals surface area (Å²) >= 11 is 1.83. The number of carbonyl (C=O) groups is 1. The maximum atomic E-state index is 12.9. The average molecular weight is 672 g/mol. The minimum Gasteiger partial charge on any atom is -0.508 e. The largest absolute Gasteiger partial charge is 0.508 e. The Bertz CT molecular complexity index is 1490. The van der Waals surface area contributed by atoms with Crippen LogP contribution in [0.15, 0.2) is 77.7 Å². The summed E-state index contributed by atoms with van der Waals surface area (Å²) in [6.45, 7) is 17.0. The van der Waals surface area contributed by atoms with Crippen LogP contribution in [0.25, 0.3) is 0 Å². The molecule has 6 rings (SSSR count). The number of phenols is 1. The highest BCUT2D eigenvalue weighted by atomic mass is 32.1. The quantitative estimate of drug-likeness (QED) is 0.221. The van der Waals surface area contributed by atoms with E-state index in [0.717, 1.165) is 64.1 Å². The van der Waals surface area contributed by atoms with E-state index in [1.165, 1.54) is 28.0 Å². The SMILES string of the molecule is CC(C)=CCN1CC[C@@]2(C)c3cc(O)ccc3C[C@@H]1[C@@H]2C.CCC(=O)N(c1ccccc1)C1(COC)CCN(CCc2cccs2)CC1. The number of amides is 1. The maximum absolute atomic E-state index is 12.9. The lowest BCUT2D eigenvalue weighted by Crippen LogP contribution is -2.60. The number of fused-ring (bicyclic) bond motifs is 4. The van der Waals surface area contributed by atoms with Crippen molar-refractivity contribution < 1.29 is 14.6 Å². The second-order valence-corrected chi connectivity index (χ2v) is 15.6. The Morgan fingerprint density at radius 2 is 1.81 bits per heavy atom. The lowest BCUT2D eigenvalue weighted by atomic mass is 9.59. The van der Waals surface area contributed by atoms with Crippen molar-refractivity contribution in [2.24, 2.45) is 5.92 Å². The first-order valence-electron chi connectivity index (χ1n) is 17.9. The van der Waals surface area contributed by atoms with E-state index in [1.807, 2.05) is 65.6 Å². The Balaban J connectivity index is 0.000000194. The third-order valence-corrected chi connectivity index (χ3v) is 12.3. The molecule has 3 heterocycles. The van der Waals surface area contributed by atoms with E-state index in [0.29, 0.717) is 30.7 Å². The van der Waals surface area contributed by atoms with Gasteiger partial charge in [0.15, 0.2) is 0 Å². The van der Waals surface area contributed by atoms with Gasteiger partial charge in [0, 0.05) is 56.3 Å². The number of ether oxygens (including phenoxy) is 1. The summed E-state index contributed by atoms with van der Waals surface area (Å²) in [5.74, 6) is 1.21. The molecule has 2 aliphatic heterocycles. The summed E-state index contributed by atoms with van der Waals surface area (Å²) < 4.78 is 5.63. The van der Waals surface area contributed by atoms with Crippen LogP contribution < -0.4 is 4.90 Å². The number of piperidine rings is 2. The number of carbonyl (C=O) groups excluding carboxylic acids is 1. The van der Waals surface area contributed by atoms with E-state index in [-0.39, 0.29) is 16.9 Å². The van der Waals surface area contributed by atoms with Gasteiger partial charge in [-0.2, -0.15) is 0 Å². The van der Waals surface area contributed by atoms with Crippen LogP contribution in [0.3, 0.4) is 0 Å². The zero-order chi connectivity index (χ0) is 34.3. The molecule has 6 nitrogen and oxygen atoms in total. The summed E-state index contributed by atoms with van der Waals surface area (Å²) in [5, 5.41) is 12.0. The molecule has 0 saturated carbocycles. The Kier molecular flexibility index (Phi) is 12.2. The Labute approximate surface area is 293 Å². The first kappa shape index (κ1) is 36.3. The third-order valence-electron chi connectivity index (χ3n) is 11.3. The highest BCUT2D eigenvalue weighted by Crippen LogP contribution is 2.49. The first-order chi connectivity index (χ1) is 23.1.